The number of aromatic nitrogens is 1. The van der Waals surface area contributed by atoms with Crippen LogP contribution >= 0.6 is 0 Å². The lowest BCUT2D eigenvalue weighted by Crippen LogP contribution is -2.15. The molecule has 78 valence electrons. The Labute approximate surface area is 78.9 Å². The molecule has 0 spiro atoms. The fourth-order valence-corrected chi connectivity index (χ4v) is 1.23. The van der Waals surface area contributed by atoms with Gasteiger partial charge in [-0.3, -0.25) is 0 Å². The van der Waals surface area contributed by atoms with Crippen molar-refractivity contribution in [1.82, 2.24) is 4.98 Å². The van der Waals surface area contributed by atoms with Crippen LogP contribution in [0.3, 0.4) is 0 Å². The first kappa shape index (κ1) is 10.8. The molecule has 3 nitrogen and oxygen atoms in total. The molecule has 1 aromatic rings. The molecule has 0 aromatic carbocycles. The van der Waals surface area contributed by atoms with Gasteiger partial charge in [0.1, 0.15) is 5.82 Å². The lowest BCUT2D eigenvalue weighted by molar-refractivity contribution is -0.138. The quantitative estimate of drug-likeness (QED) is 0.729. The summed E-state index contributed by atoms with van der Waals surface area (Å²) in [6.45, 7) is 1.25. The van der Waals surface area contributed by atoms with E-state index in [0.29, 0.717) is 0 Å². The van der Waals surface area contributed by atoms with Gasteiger partial charge in [-0.2, -0.15) is 13.2 Å². The maximum Gasteiger partial charge on any atom is 0.416 e. The fraction of sp³-hybridized carbons (Fsp3) is 0.375. The van der Waals surface area contributed by atoms with Gasteiger partial charge in [-0.1, -0.05) is 0 Å². The van der Waals surface area contributed by atoms with Gasteiger partial charge in [0.15, 0.2) is 0 Å². The summed E-state index contributed by atoms with van der Waals surface area (Å²) in [5.74, 6) is -0.146. The Hall–Kier alpha value is -1.30. The minimum atomic E-state index is -4.43. The average Bonchev–Trinajstić information content (AvgIpc) is 2.01. The van der Waals surface area contributed by atoms with Gasteiger partial charge >= 0.3 is 6.18 Å². The monoisotopic (exact) mass is 205 g/mol. The summed E-state index contributed by atoms with van der Waals surface area (Å²) in [6.07, 6.45) is -4.43. The molecule has 0 fully saturated rings. The van der Waals surface area contributed by atoms with Crippen LogP contribution in [0.25, 0.3) is 0 Å². The molecule has 0 aliphatic rings. The molecule has 0 unspecified atom stereocenters. The van der Waals surface area contributed by atoms with Crippen LogP contribution < -0.4 is 11.5 Å². The van der Waals surface area contributed by atoms with Gasteiger partial charge in [0.05, 0.1) is 5.56 Å². The summed E-state index contributed by atoms with van der Waals surface area (Å²) in [6, 6.07) is 0.801. The van der Waals surface area contributed by atoms with Crippen LogP contribution in [0, 0.1) is 6.92 Å². The second-order valence-corrected chi connectivity index (χ2v) is 2.86. The summed E-state index contributed by atoms with van der Waals surface area (Å²) in [4.78, 5) is 3.72. The summed E-state index contributed by atoms with van der Waals surface area (Å²) in [7, 11) is 0. The van der Waals surface area contributed by atoms with Crippen molar-refractivity contribution in [3.63, 3.8) is 0 Å². The SMILES string of the molecule is Cc1nc(N)cc(C(F)(F)F)c1CN. The van der Waals surface area contributed by atoms with Crippen LogP contribution in [0.2, 0.25) is 0 Å². The molecule has 1 heterocycles. The maximum absolute atomic E-state index is 12.5. The molecule has 0 bridgehead atoms. The number of nitrogens with two attached hydrogens (primary N) is 2. The highest BCUT2D eigenvalue weighted by Gasteiger charge is 2.34. The minimum Gasteiger partial charge on any atom is -0.384 e. The third-order valence-corrected chi connectivity index (χ3v) is 1.86. The molecule has 1 aromatic heterocycles. The Bertz CT molecular complexity index is 346. The van der Waals surface area contributed by atoms with Crippen molar-refractivity contribution in [2.24, 2.45) is 5.73 Å². The number of anilines is 1. The molecular weight excluding hydrogens is 195 g/mol. The highest BCUT2D eigenvalue weighted by atomic mass is 19.4. The van der Waals surface area contributed by atoms with Crippen molar-refractivity contribution in [1.29, 1.82) is 0 Å². The third-order valence-electron chi connectivity index (χ3n) is 1.86. The number of pyridine rings is 1. The highest BCUT2D eigenvalue weighted by molar-refractivity contribution is 5.42. The number of alkyl halides is 3. The zero-order chi connectivity index (χ0) is 10.9. The molecule has 6 heteroatoms. The van der Waals surface area contributed by atoms with E-state index in [2.05, 4.69) is 4.98 Å². The van der Waals surface area contributed by atoms with E-state index in [1.54, 1.807) is 0 Å². The van der Waals surface area contributed by atoms with Gasteiger partial charge in [-0.15, -0.1) is 0 Å². The zero-order valence-electron chi connectivity index (χ0n) is 7.52. The Kier molecular flexibility index (Phi) is 2.66. The van der Waals surface area contributed by atoms with Crippen LogP contribution in [-0.4, -0.2) is 4.98 Å². The largest absolute Gasteiger partial charge is 0.416 e. The molecule has 0 radical (unpaired) electrons. The molecule has 0 aliphatic carbocycles. The van der Waals surface area contributed by atoms with E-state index in [1.807, 2.05) is 0 Å². The summed E-state index contributed by atoms with van der Waals surface area (Å²) < 4.78 is 37.4. The normalized spacial score (nSPS) is 11.8. The number of aryl methyl sites for hydroxylation is 1. The van der Waals surface area contributed by atoms with E-state index in [0.717, 1.165) is 6.07 Å². The Morgan fingerprint density at radius 2 is 2.00 bits per heavy atom. The first-order chi connectivity index (χ1) is 6.36. The molecule has 14 heavy (non-hydrogen) atoms. The van der Waals surface area contributed by atoms with Crippen molar-refractivity contribution in [3.8, 4) is 0 Å². The topological polar surface area (TPSA) is 64.9 Å². The number of rotatable bonds is 1. The third kappa shape index (κ3) is 1.95. The summed E-state index contributed by atoms with van der Waals surface area (Å²) in [5.41, 5.74) is 9.86. The summed E-state index contributed by atoms with van der Waals surface area (Å²) in [5, 5.41) is 0. The van der Waals surface area contributed by atoms with Crippen molar-refractivity contribution in [2.75, 3.05) is 5.73 Å². The predicted molar refractivity (Wildman–Crippen MR) is 46.3 cm³/mol. The van der Waals surface area contributed by atoms with E-state index in [9.17, 15) is 13.2 Å². The van der Waals surface area contributed by atoms with Gasteiger partial charge in [-0.05, 0) is 18.6 Å². The fourth-order valence-electron chi connectivity index (χ4n) is 1.23. The standard InChI is InChI=1S/C8H10F3N3/c1-4-5(3-12)6(8(9,10)11)2-7(13)14-4/h2H,3,12H2,1H3,(H2,13,14). The minimum absolute atomic E-state index is 0.00769. The van der Waals surface area contributed by atoms with Crippen LogP contribution in [0.15, 0.2) is 6.07 Å². The molecule has 4 N–H and O–H groups in total. The number of nitrogens with zero attached hydrogens (tertiary/aromatic N) is 1. The van der Waals surface area contributed by atoms with Gasteiger partial charge in [0, 0.05) is 12.2 Å². The Morgan fingerprint density at radius 3 is 2.43 bits per heavy atom. The molecule has 0 atom stereocenters. The average molecular weight is 205 g/mol. The van der Waals surface area contributed by atoms with Gasteiger partial charge in [-0.25, -0.2) is 4.98 Å². The van der Waals surface area contributed by atoms with E-state index in [4.69, 9.17) is 11.5 Å². The van der Waals surface area contributed by atoms with Crippen LogP contribution in [0.4, 0.5) is 19.0 Å². The lowest BCUT2D eigenvalue weighted by Gasteiger charge is -2.13. The Morgan fingerprint density at radius 1 is 1.43 bits per heavy atom. The van der Waals surface area contributed by atoms with Gasteiger partial charge in [0.2, 0.25) is 0 Å². The van der Waals surface area contributed by atoms with Crippen LogP contribution in [0.5, 0.6) is 0 Å². The molecule has 1 rings (SSSR count). The molecule has 0 saturated heterocycles. The lowest BCUT2D eigenvalue weighted by atomic mass is 10.1. The number of nitrogen functional groups attached to an aromatic ring is 1. The smallest absolute Gasteiger partial charge is 0.384 e. The van der Waals surface area contributed by atoms with Crippen molar-refractivity contribution in [3.05, 3.63) is 22.9 Å². The van der Waals surface area contributed by atoms with E-state index < -0.39 is 11.7 Å². The maximum atomic E-state index is 12.5. The number of halogens is 3. The second-order valence-electron chi connectivity index (χ2n) is 2.86. The molecule has 0 saturated carbocycles. The van der Waals surface area contributed by atoms with Gasteiger partial charge in [0.25, 0.3) is 0 Å². The van der Waals surface area contributed by atoms with Crippen molar-refractivity contribution in [2.45, 2.75) is 19.6 Å². The zero-order valence-corrected chi connectivity index (χ0v) is 7.52. The van der Waals surface area contributed by atoms with Crippen molar-refractivity contribution < 1.29 is 13.2 Å². The number of hydrogen-bond donors (Lipinski definition) is 2. The molecular formula is C8H10F3N3. The summed E-state index contributed by atoms with van der Waals surface area (Å²) >= 11 is 0. The van der Waals surface area contributed by atoms with Crippen LogP contribution in [-0.2, 0) is 12.7 Å². The van der Waals surface area contributed by atoms with E-state index in [1.165, 1.54) is 6.92 Å². The van der Waals surface area contributed by atoms with Crippen LogP contribution in [0.1, 0.15) is 16.8 Å². The second kappa shape index (κ2) is 3.45. The highest BCUT2D eigenvalue weighted by Crippen LogP contribution is 2.33. The van der Waals surface area contributed by atoms with E-state index in [-0.39, 0.29) is 23.6 Å². The number of hydrogen-bond acceptors (Lipinski definition) is 3. The molecule has 0 amide bonds. The molecule has 0 aliphatic heterocycles. The predicted octanol–water partition coefficient (Wildman–Crippen LogP) is 1.45. The van der Waals surface area contributed by atoms with E-state index >= 15 is 0 Å². The first-order valence-electron chi connectivity index (χ1n) is 3.89. The first-order valence-corrected chi connectivity index (χ1v) is 3.89. The Balaban J connectivity index is 3.40. The van der Waals surface area contributed by atoms with Crippen molar-refractivity contribution >= 4 is 5.82 Å². The van der Waals surface area contributed by atoms with Gasteiger partial charge < -0.3 is 11.5 Å².